The number of fused-ring (bicyclic) bond motifs is 1. The minimum atomic E-state index is -0.0660. The van der Waals surface area contributed by atoms with Crippen molar-refractivity contribution in [3.63, 3.8) is 0 Å². The summed E-state index contributed by atoms with van der Waals surface area (Å²) in [6.45, 7) is 6.12. The average molecular weight is 210 g/mol. The molecule has 1 heterocycles. The van der Waals surface area contributed by atoms with Gasteiger partial charge in [0.2, 0.25) is 5.91 Å². The molecule has 86 valence electrons. The first-order valence-corrected chi connectivity index (χ1v) is 6.20. The molecule has 1 aliphatic carbocycles. The van der Waals surface area contributed by atoms with Gasteiger partial charge in [0.05, 0.1) is 5.41 Å². The largest absolute Gasteiger partial charge is 0.353 e. The summed E-state index contributed by atoms with van der Waals surface area (Å²) in [7, 11) is 0. The van der Waals surface area contributed by atoms with Gasteiger partial charge in [-0.1, -0.05) is 13.3 Å². The molecule has 1 amide bonds. The maximum absolute atomic E-state index is 12.3. The van der Waals surface area contributed by atoms with Crippen molar-refractivity contribution in [2.75, 3.05) is 13.1 Å². The topological polar surface area (TPSA) is 41.1 Å². The highest BCUT2D eigenvalue weighted by molar-refractivity contribution is 5.84. The molecule has 2 rings (SSSR count). The van der Waals surface area contributed by atoms with Gasteiger partial charge in [0, 0.05) is 12.6 Å². The molecule has 15 heavy (non-hydrogen) atoms. The van der Waals surface area contributed by atoms with Gasteiger partial charge >= 0.3 is 0 Å². The Bertz CT molecular complexity index is 242. The van der Waals surface area contributed by atoms with Crippen molar-refractivity contribution < 1.29 is 4.79 Å². The van der Waals surface area contributed by atoms with Crippen molar-refractivity contribution in [1.29, 1.82) is 0 Å². The molecule has 3 nitrogen and oxygen atoms in total. The Morgan fingerprint density at radius 3 is 3.20 bits per heavy atom. The molecule has 0 aromatic heterocycles. The van der Waals surface area contributed by atoms with Crippen molar-refractivity contribution in [3.8, 4) is 0 Å². The van der Waals surface area contributed by atoms with Crippen LogP contribution in [-0.4, -0.2) is 25.0 Å². The zero-order valence-corrected chi connectivity index (χ0v) is 9.81. The number of hydrogen-bond donors (Lipinski definition) is 2. The van der Waals surface area contributed by atoms with Gasteiger partial charge in [-0.2, -0.15) is 0 Å². The average Bonchev–Trinajstić information content (AvgIpc) is 2.75. The van der Waals surface area contributed by atoms with E-state index in [1.807, 2.05) is 0 Å². The minimum absolute atomic E-state index is 0.0660. The number of amides is 1. The lowest BCUT2D eigenvalue weighted by atomic mass is 9.79. The van der Waals surface area contributed by atoms with Gasteiger partial charge in [0.1, 0.15) is 0 Å². The highest BCUT2D eigenvalue weighted by atomic mass is 16.2. The van der Waals surface area contributed by atoms with Crippen LogP contribution < -0.4 is 10.6 Å². The zero-order valence-electron chi connectivity index (χ0n) is 9.81. The third-order valence-electron chi connectivity index (χ3n) is 4.23. The molecular formula is C12H22N2O. The normalized spacial score (nSPS) is 36.3. The highest BCUT2D eigenvalue weighted by Crippen LogP contribution is 2.45. The molecule has 1 aliphatic heterocycles. The first-order valence-electron chi connectivity index (χ1n) is 6.20. The second kappa shape index (κ2) is 4.12. The van der Waals surface area contributed by atoms with Crippen molar-refractivity contribution in [2.24, 2.45) is 11.3 Å². The van der Waals surface area contributed by atoms with E-state index in [4.69, 9.17) is 0 Å². The Morgan fingerprint density at radius 2 is 2.47 bits per heavy atom. The second-order valence-electron chi connectivity index (χ2n) is 5.16. The smallest absolute Gasteiger partial charge is 0.228 e. The molecule has 3 heteroatoms. The lowest BCUT2D eigenvalue weighted by molar-refractivity contribution is -0.131. The predicted molar refractivity (Wildman–Crippen MR) is 60.5 cm³/mol. The highest BCUT2D eigenvalue weighted by Gasteiger charge is 2.51. The maximum Gasteiger partial charge on any atom is 0.228 e. The molecule has 0 aromatic carbocycles. The molecule has 2 fully saturated rings. The summed E-state index contributed by atoms with van der Waals surface area (Å²) < 4.78 is 0. The predicted octanol–water partition coefficient (Wildman–Crippen LogP) is 1.29. The summed E-state index contributed by atoms with van der Waals surface area (Å²) in [6.07, 6.45) is 4.54. The van der Waals surface area contributed by atoms with Crippen molar-refractivity contribution in [3.05, 3.63) is 0 Å². The maximum atomic E-state index is 12.3. The summed E-state index contributed by atoms with van der Waals surface area (Å²) >= 11 is 0. The first-order chi connectivity index (χ1) is 7.19. The van der Waals surface area contributed by atoms with E-state index in [0.717, 1.165) is 25.9 Å². The van der Waals surface area contributed by atoms with Crippen LogP contribution in [-0.2, 0) is 4.79 Å². The summed E-state index contributed by atoms with van der Waals surface area (Å²) in [4.78, 5) is 12.3. The molecule has 0 aromatic rings. The molecule has 3 atom stereocenters. The van der Waals surface area contributed by atoms with Crippen LogP contribution in [0.2, 0.25) is 0 Å². The van der Waals surface area contributed by atoms with Gasteiger partial charge < -0.3 is 10.6 Å². The van der Waals surface area contributed by atoms with E-state index in [-0.39, 0.29) is 5.41 Å². The molecule has 0 bridgehead atoms. The van der Waals surface area contributed by atoms with Gasteiger partial charge in [-0.25, -0.2) is 0 Å². The van der Waals surface area contributed by atoms with Crippen LogP contribution in [0.4, 0.5) is 0 Å². The minimum Gasteiger partial charge on any atom is -0.353 e. The third kappa shape index (κ3) is 1.78. The van der Waals surface area contributed by atoms with Gasteiger partial charge in [-0.15, -0.1) is 0 Å². The Morgan fingerprint density at radius 1 is 1.67 bits per heavy atom. The lowest BCUT2D eigenvalue weighted by Crippen LogP contribution is -2.46. The molecule has 1 saturated heterocycles. The van der Waals surface area contributed by atoms with E-state index < -0.39 is 0 Å². The van der Waals surface area contributed by atoms with E-state index in [0.29, 0.717) is 17.9 Å². The monoisotopic (exact) mass is 210 g/mol. The van der Waals surface area contributed by atoms with Crippen molar-refractivity contribution in [2.45, 2.75) is 45.6 Å². The summed E-state index contributed by atoms with van der Waals surface area (Å²) in [5.41, 5.74) is -0.0660. The zero-order chi connectivity index (χ0) is 10.9. The SMILES string of the molecule is CCC(C)NC(=O)[C@@]12CCC[C@@H]1CNC2. The second-order valence-corrected chi connectivity index (χ2v) is 5.16. The van der Waals surface area contributed by atoms with Crippen LogP contribution in [0.3, 0.4) is 0 Å². The van der Waals surface area contributed by atoms with E-state index in [9.17, 15) is 4.79 Å². The molecule has 0 spiro atoms. The van der Waals surface area contributed by atoms with Crippen LogP contribution in [0.1, 0.15) is 39.5 Å². The number of rotatable bonds is 3. The Balaban J connectivity index is 2.04. The fourth-order valence-corrected chi connectivity index (χ4v) is 2.99. The van der Waals surface area contributed by atoms with Crippen molar-refractivity contribution >= 4 is 5.91 Å². The standard InChI is InChI=1S/C12H22N2O/c1-3-9(2)14-11(15)12-6-4-5-10(12)7-13-8-12/h9-10,13H,3-8H2,1-2H3,(H,14,15)/t9?,10-,12-/m1/s1. The quantitative estimate of drug-likeness (QED) is 0.737. The van der Waals surface area contributed by atoms with Gasteiger partial charge in [0.15, 0.2) is 0 Å². The van der Waals surface area contributed by atoms with E-state index in [1.165, 1.54) is 12.8 Å². The van der Waals surface area contributed by atoms with Crippen LogP contribution in [0.25, 0.3) is 0 Å². The summed E-state index contributed by atoms with van der Waals surface area (Å²) in [6, 6.07) is 0.314. The molecule has 2 N–H and O–H groups in total. The van der Waals surface area contributed by atoms with E-state index in [1.54, 1.807) is 0 Å². The third-order valence-corrected chi connectivity index (χ3v) is 4.23. The van der Waals surface area contributed by atoms with Crippen molar-refractivity contribution in [1.82, 2.24) is 10.6 Å². The fraction of sp³-hybridized carbons (Fsp3) is 0.917. The summed E-state index contributed by atoms with van der Waals surface area (Å²) in [5.74, 6) is 0.880. The number of nitrogens with one attached hydrogen (secondary N) is 2. The van der Waals surface area contributed by atoms with E-state index >= 15 is 0 Å². The first kappa shape index (κ1) is 10.9. The lowest BCUT2D eigenvalue weighted by Gasteiger charge is -2.28. The molecular weight excluding hydrogens is 188 g/mol. The molecule has 1 unspecified atom stereocenters. The molecule has 0 radical (unpaired) electrons. The van der Waals surface area contributed by atoms with E-state index in [2.05, 4.69) is 24.5 Å². The Labute approximate surface area is 92.0 Å². The van der Waals surface area contributed by atoms with Gasteiger partial charge in [-0.05, 0) is 38.6 Å². The summed E-state index contributed by atoms with van der Waals surface area (Å²) in [5, 5.41) is 6.53. The van der Waals surface area contributed by atoms with Crippen LogP contribution in [0.5, 0.6) is 0 Å². The van der Waals surface area contributed by atoms with Crippen LogP contribution in [0, 0.1) is 11.3 Å². The van der Waals surface area contributed by atoms with Gasteiger partial charge in [-0.3, -0.25) is 4.79 Å². The number of carbonyl (C=O) groups excluding carboxylic acids is 1. The number of hydrogen-bond acceptors (Lipinski definition) is 2. The number of carbonyl (C=O) groups is 1. The Kier molecular flexibility index (Phi) is 3.01. The van der Waals surface area contributed by atoms with Crippen LogP contribution >= 0.6 is 0 Å². The Hall–Kier alpha value is -0.570. The molecule has 2 aliphatic rings. The van der Waals surface area contributed by atoms with Gasteiger partial charge in [0.25, 0.3) is 0 Å². The van der Waals surface area contributed by atoms with Crippen LogP contribution in [0.15, 0.2) is 0 Å². The fourth-order valence-electron chi connectivity index (χ4n) is 2.99. The molecule has 1 saturated carbocycles.